The molecule has 1 amide bonds. The Labute approximate surface area is 190 Å². The van der Waals surface area contributed by atoms with Crippen molar-refractivity contribution >= 4 is 50.7 Å². The van der Waals surface area contributed by atoms with Crippen LogP contribution in [0.1, 0.15) is 42.4 Å². The topological polar surface area (TPSA) is 89.7 Å². The van der Waals surface area contributed by atoms with Gasteiger partial charge in [0, 0.05) is 4.88 Å². The van der Waals surface area contributed by atoms with E-state index in [-0.39, 0.29) is 23.4 Å². The van der Waals surface area contributed by atoms with Gasteiger partial charge in [-0.2, -0.15) is 0 Å². The van der Waals surface area contributed by atoms with Crippen molar-refractivity contribution in [2.75, 3.05) is 11.5 Å². The molecule has 0 radical (unpaired) electrons. The molecule has 32 heavy (non-hydrogen) atoms. The van der Waals surface area contributed by atoms with Crippen molar-refractivity contribution < 1.29 is 18.7 Å². The lowest BCUT2D eigenvalue weighted by Gasteiger charge is -2.20. The predicted octanol–water partition coefficient (Wildman–Crippen LogP) is 4.71. The van der Waals surface area contributed by atoms with Gasteiger partial charge in [0.25, 0.3) is 5.91 Å². The molecule has 4 aromatic rings. The Hall–Kier alpha value is -3.56. The number of hydrogen-bond acceptors (Lipinski definition) is 8. The molecule has 160 valence electrons. The number of para-hydroxylation sites is 1. The zero-order valence-corrected chi connectivity index (χ0v) is 18.5. The molecule has 0 fully saturated rings. The first-order valence-corrected chi connectivity index (χ1v) is 11.4. The molecule has 5 rings (SSSR count). The van der Waals surface area contributed by atoms with Gasteiger partial charge in [0.05, 0.1) is 16.6 Å². The van der Waals surface area contributed by atoms with E-state index in [1.54, 1.807) is 31.2 Å². The van der Waals surface area contributed by atoms with Gasteiger partial charge in [-0.3, -0.25) is 14.5 Å². The van der Waals surface area contributed by atoms with Crippen molar-refractivity contribution in [3.8, 4) is 0 Å². The lowest BCUT2D eigenvalue weighted by Crippen LogP contribution is -2.28. The third-order valence-corrected chi connectivity index (χ3v) is 7.16. The number of thiazole rings is 1. The second kappa shape index (κ2) is 7.85. The quantitative estimate of drug-likeness (QED) is 0.314. The third kappa shape index (κ3) is 3.09. The number of hydrogen-bond donors (Lipinski definition) is 0. The summed E-state index contributed by atoms with van der Waals surface area (Å²) >= 11 is 2.47. The first-order chi connectivity index (χ1) is 15.5. The van der Waals surface area contributed by atoms with Crippen LogP contribution in [-0.2, 0) is 4.74 Å². The summed E-state index contributed by atoms with van der Waals surface area (Å²) in [6, 6.07) is 9.87. The molecule has 3 aromatic heterocycles. The Morgan fingerprint density at radius 2 is 2.09 bits per heavy atom. The Bertz CT molecular complexity index is 1430. The van der Waals surface area contributed by atoms with Crippen LogP contribution in [0.4, 0.5) is 5.13 Å². The van der Waals surface area contributed by atoms with Gasteiger partial charge < -0.3 is 9.15 Å². The standard InChI is InChI=1S/C23H16N2O5S2/c1-3-10-29-22(28)20-12(2)24-23(32-20)25-17(15-9-6-11-31-15)16-18(26)13-7-4-5-8-14(13)30-19(16)21(25)27/h3-9,11,17H,1,10H2,2H3. The van der Waals surface area contributed by atoms with Crippen molar-refractivity contribution in [1.29, 1.82) is 0 Å². The Morgan fingerprint density at radius 3 is 2.84 bits per heavy atom. The van der Waals surface area contributed by atoms with Crippen LogP contribution in [0.25, 0.3) is 11.0 Å². The second-order valence-corrected chi connectivity index (χ2v) is 9.02. The fourth-order valence-electron chi connectivity index (χ4n) is 3.71. The lowest BCUT2D eigenvalue weighted by atomic mass is 10.0. The maximum absolute atomic E-state index is 13.5. The van der Waals surface area contributed by atoms with Crippen LogP contribution in [-0.4, -0.2) is 23.5 Å². The normalized spacial score (nSPS) is 15.2. The number of esters is 1. The van der Waals surface area contributed by atoms with Gasteiger partial charge in [-0.1, -0.05) is 42.2 Å². The molecular weight excluding hydrogens is 448 g/mol. The van der Waals surface area contributed by atoms with Crippen LogP contribution in [0.15, 0.2) is 63.6 Å². The molecule has 1 unspecified atom stereocenters. The van der Waals surface area contributed by atoms with Gasteiger partial charge in [0.15, 0.2) is 10.6 Å². The maximum Gasteiger partial charge on any atom is 0.350 e. The minimum absolute atomic E-state index is 0.00395. The average Bonchev–Trinajstić information content (AvgIpc) is 3.51. The van der Waals surface area contributed by atoms with E-state index in [4.69, 9.17) is 9.15 Å². The molecule has 1 aliphatic rings. The maximum atomic E-state index is 13.5. The molecule has 4 heterocycles. The number of aryl methyl sites for hydroxylation is 1. The number of benzene rings is 1. The molecule has 0 bridgehead atoms. The highest BCUT2D eigenvalue weighted by Crippen LogP contribution is 2.44. The van der Waals surface area contributed by atoms with Crippen molar-refractivity contribution in [2.24, 2.45) is 0 Å². The molecule has 9 heteroatoms. The Balaban J connectivity index is 1.69. The largest absolute Gasteiger partial charge is 0.457 e. The number of nitrogens with zero attached hydrogens (tertiary/aromatic N) is 2. The van der Waals surface area contributed by atoms with E-state index in [9.17, 15) is 14.4 Å². The van der Waals surface area contributed by atoms with E-state index in [0.29, 0.717) is 26.7 Å². The number of ether oxygens (including phenoxy) is 1. The van der Waals surface area contributed by atoms with Crippen molar-refractivity contribution in [3.63, 3.8) is 0 Å². The molecular formula is C23H16N2O5S2. The first-order valence-electron chi connectivity index (χ1n) is 9.69. The van der Waals surface area contributed by atoms with Crippen LogP contribution in [0.5, 0.6) is 0 Å². The minimum Gasteiger partial charge on any atom is -0.457 e. The predicted molar refractivity (Wildman–Crippen MR) is 123 cm³/mol. The number of anilines is 1. The van der Waals surface area contributed by atoms with E-state index >= 15 is 0 Å². The Morgan fingerprint density at radius 1 is 1.28 bits per heavy atom. The zero-order chi connectivity index (χ0) is 22.4. The smallest absolute Gasteiger partial charge is 0.350 e. The number of carbonyl (C=O) groups is 2. The molecule has 7 nitrogen and oxygen atoms in total. The van der Waals surface area contributed by atoms with Gasteiger partial charge in [0.2, 0.25) is 5.76 Å². The second-order valence-electron chi connectivity index (χ2n) is 7.06. The number of carbonyl (C=O) groups excluding carboxylic acids is 2. The van der Waals surface area contributed by atoms with E-state index in [2.05, 4.69) is 11.6 Å². The van der Waals surface area contributed by atoms with Gasteiger partial charge >= 0.3 is 5.97 Å². The number of fused-ring (bicyclic) bond motifs is 2. The van der Waals surface area contributed by atoms with Gasteiger partial charge in [0.1, 0.15) is 23.1 Å². The lowest BCUT2D eigenvalue weighted by molar-refractivity contribution is 0.0554. The summed E-state index contributed by atoms with van der Waals surface area (Å²) < 4.78 is 11.0. The number of thiophene rings is 1. The molecule has 0 saturated heterocycles. The average molecular weight is 465 g/mol. The monoisotopic (exact) mass is 464 g/mol. The van der Waals surface area contributed by atoms with E-state index in [1.165, 1.54) is 22.3 Å². The number of amides is 1. The molecule has 0 N–H and O–H groups in total. The molecule has 1 aliphatic heterocycles. The molecule has 0 aliphatic carbocycles. The Kier molecular flexibility index (Phi) is 4.99. The summed E-state index contributed by atoms with van der Waals surface area (Å²) in [6.07, 6.45) is 1.48. The highest BCUT2D eigenvalue weighted by Gasteiger charge is 2.45. The van der Waals surface area contributed by atoms with E-state index < -0.39 is 17.9 Å². The van der Waals surface area contributed by atoms with E-state index in [0.717, 1.165) is 16.2 Å². The van der Waals surface area contributed by atoms with Crippen molar-refractivity contribution in [2.45, 2.75) is 13.0 Å². The van der Waals surface area contributed by atoms with Crippen LogP contribution < -0.4 is 10.3 Å². The summed E-state index contributed by atoms with van der Waals surface area (Å²) in [4.78, 5) is 46.3. The van der Waals surface area contributed by atoms with Crippen LogP contribution >= 0.6 is 22.7 Å². The number of rotatable bonds is 5. The highest BCUT2D eigenvalue weighted by molar-refractivity contribution is 7.17. The molecule has 1 atom stereocenters. The molecule has 0 saturated carbocycles. The SMILES string of the molecule is C=CCOC(=O)c1sc(N2C(=O)c3oc4ccccc4c(=O)c3C2c2cccs2)nc1C. The van der Waals surface area contributed by atoms with Crippen molar-refractivity contribution in [1.82, 2.24) is 4.98 Å². The highest BCUT2D eigenvalue weighted by atomic mass is 32.1. The van der Waals surface area contributed by atoms with Gasteiger partial charge in [-0.25, -0.2) is 9.78 Å². The summed E-state index contributed by atoms with van der Waals surface area (Å²) in [6.45, 7) is 5.29. The van der Waals surface area contributed by atoms with Crippen molar-refractivity contribution in [3.05, 3.63) is 91.4 Å². The zero-order valence-electron chi connectivity index (χ0n) is 16.9. The minimum atomic E-state index is -0.694. The third-order valence-electron chi connectivity index (χ3n) is 5.10. The van der Waals surface area contributed by atoms with Crippen LogP contribution in [0, 0.1) is 6.92 Å². The van der Waals surface area contributed by atoms with Gasteiger partial charge in [-0.05, 0) is 30.5 Å². The molecule has 0 spiro atoms. The van der Waals surface area contributed by atoms with Gasteiger partial charge in [-0.15, -0.1) is 11.3 Å². The van der Waals surface area contributed by atoms with Crippen LogP contribution in [0.2, 0.25) is 0 Å². The summed E-state index contributed by atoms with van der Waals surface area (Å²) in [5.41, 5.74) is 0.812. The summed E-state index contributed by atoms with van der Waals surface area (Å²) in [5, 5.41) is 2.59. The van der Waals surface area contributed by atoms with E-state index in [1.807, 2.05) is 17.5 Å². The first kappa shape index (κ1) is 20.3. The fourth-order valence-corrected chi connectivity index (χ4v) is 5.52. The fraction of sp³-hybridized carbons (Fsp3) is 0.130. The molecule has 1 aromatic carbocycles. The van der Waals surface area contributed by atoms with Crippen LogP contribution in [0.3, 0.4) is 0 Å². The number of aromatic nitrogens is 1. The summed E-state index contributed by atoms with van der Waals surface area (Å²) in [7, 11) is 0. The summed E-state index contributed by atoms with van der Waals surface area (Å²) in [5.74, 6) is -1.01.